The molecule has 0 saturated carbocycles. The fourth-order valence-corrected chi connectivity index (χ4v) is 1.97. The highest BCUT2D eigenvalue weighted by molar-refractivity contribution is 5.08. The molecule has 5 nitrogen and oxygen atoms in total. The Labute approximate surface area is 109 Å². The highest BCUT2D eigenvalue weighted by Crippen LogP contribution is 2.22. The van der Waals surface area contributed by atoms with Crippen molar-refractivity contribution in [2.24, 2.45) is 11.7 Å². The molecule has 1 aromatic heterocycles. The number of nitrogens with zero attached hydrogens (tertiary/aromatic N) is 2. The van der Waals surface area contributed by atoms with E-state index < -0.39 is 0 Å². The summed E-state index contributed by atoms with van der Waals surface area (Å²) in [6.45, 7) is 7.76. The van der Waals surface area contributed by atoms with Crippen LogP contribution in [0.3, 0.4) is 0 Å². The lowest BCUT2D eigenvalue weighted by Gasteiger charge is -2.20. The highest BCUT2D eigenvalue weighted by Gasteiger charge is 2.17. The van der Waals surface area contributed by atoms with Crippen molar-refractivity contribution in [3.63, 3.8) is 0 Å². The number of rotatable bonds is 9. The van der Waals surface area contributed by atoms with Gasteiger partial charge in [0, 0.05) is 38.0 Å². The van der Waals surface area contributed by atoms with E-state index in [1.807, 2.05) is 12.5 Å². The van der Waals surface area contributed by atoms with E-state index in [4.69, 9.17) is 15.2 Å². The molecular weight excluding hydrogens is 230 g/mol. The Hall–Kier alpha value is -0.910. The molecule has 0 saturated heterocycles. The van der Waals surface area contributed by atoms with Gasteiger partial charge in [0.05, 0.1) is 26.1 Å². The molecule has 0 fully saturated rings. The molecule has 1 rings (SSSR count). The van der Waals surface area contributed by atoms with E-state index in [-0.39, 0.29) is 0 Å². The van der Waals surface area contributed by atoms with Crippen molar-refractivity contribution in [1.82, 2.24) is 9.55 Å². The fraction of sp³-hybridized carbons (Fsp3) is 0.769. The predicted octanol–water partition coefficient (Wildman–Crippen LogP) is 1.24. The molecule has 2 N–H and O–H groups in total. The number of nitrogens with two attached hydrogens (primary N) is 1. The van der Waals surface area contributed by atoms with Gasteiger partial charge in [0.1, 0.15) is 0 Å². The summed E-state index contributed by atoms with van der Waals surface area (Å²) in [5, 5.41) is 0. The van der Waals surface area contributed by atoms with Gasteiger partial charge in [-0.05, 0) is 5.92 Å². The molecule has 1 aromatic rings. The van der Waals surface area contributed by atoms with Crippen molar-refractivity contribution in [3.8, 4) is 0 Å². The van der Waals surface area contributed by atoms with Crippen LogP contribution in [0.15, 0.2) is 12.5 Å². The molecule has 1 unspecified atom stereocenters. The summed E-state index contributed by atoms with van der Waals surface area (Å²) in [5.74, 6) is 0.867. The number of methoxy groups -OCH3 is 1. The maximum absolute atomic E-state index is 5.84. The molecular formula is C13H25N3O2. The first kappa shape index (κ1) is 15.1. The largest absolute Gasteiger partial charge is 0.382 e. The summed E-state index contributed by atoms with van der Waals surface area (Å²) >= 11 is 0. The predicted molar refractivity (Wildman–Crippen MR) is 71.6 cm³/mol. The van der Waals surface area contributed by atoms with Crippen LogP contribution in [-0.4, -0.2) is 43.0 Å². The molecule has 0 amide bonds. The first-order chi connectivity index (χ1) is 8.70. The van der Waals surface area contributed by atoms with E-state index in [1.165, 1.54) is 5.69 Å². The van der Waals surface area contributed by atoms with Crippen LogP contribution in [0.5, 0.6) is 0 Å². The molecule has 0 radical (unpaired) electrons. The summed E-state index contributed by atoms with van der Waals surface area (Å²) in [5.41, 5.74) is 7.04. The highest BCUT2D eigenvalue weighted by atomic mass is 16.5. The van der Waals surface area contributed by atoms with Gasteiger partial charge in [0.15, 0.2) is 0 Å². The molecule has 0 spiro atoms. The number of hydrogen-bond donors (Lipinski definition) is 1. The van der Waals surface area contributed by atoms with Crippen LogP contribution in [0.2, 0.25) is 0 Å². The Balaban J connectivity index is 2.49. The van der Waals surface area contributed by atoms with Gasteiger partial charge in [-0.3, -0.25) is 0 Å². The Bertz CT molecular complexity index is 326. The molecule has 18 heavy (non-hydrogen) atoms. The summed E-state index contributed by atoms with van der Waals surface area (Å²) < 4.78 is 12.5. The van der Waals surface area contributed by atoms with Gasteiger partial charge in [-0.25, -0.2) is 4.98 Å². The van der Waals surface area contributed by atoms with E-state index in [2.05, 4.69) is 23.4 Å². The third-order valence-corrected chi connectivity index (χ3v) is 3.09. The Morgan fingerprint density at radius 1 is 1.33 bits per heavy atom. The zero-order valence-corrected chi connectivity index (χ0v) is 11.6. The van der Waals surface area contributed by atoms with Crippen LogP contribution in [0.1, 0.15) is 25.5 Å². The summed E-state index contributed by atoms with van der Waals surface area (Å²) in [4.78, 5) is 4.22. The van der Waals surface area contributed by atoms with Gasteiger partial charge in [-0.15, -0.1) is 0 Å². The lowest BCUT2D eigenvalue weighted by molar-refractivity contribution is 0.0662. The minimum absolute atomic E-state index is 0.353. The van der Waals surface area contributed by atoms with E-state index in [1.54, 1.807) is 7.11 Å². The van der Waals surface area contributed by atoms with Gasteiger partial charge < -0.3 is 19.8 Å². The third-order valence-electron chi connectivity index (χ3n) is 3.09. The van der Waals surface area contributed by atoms with Crippen molar-refractivity contribution in [3.05, 3.63) is 18.2 Å². The minimum Gasteiger partial charge on any atom is -0.382 e. The lowest BCUT2D eigenvalue weighted by atomic mass is 9.93. The molecule has 5 heteroatoms. The van der Waals surface area contributed by atoms with Crippen LogP contribution in [0.4, 0.5) is 0 Å². The second-order valence-electron chi connectivity index (χ2n) is 4.70. The minimum atomic E-state index is 0.353. The Morgan fingerprint density at radius 2 is 2.11 bits per heavy atom. The van der Waals surface area contributed by atoms with Crippen molar-refractivity contribution in [2.75, 3.05) is 33.5 Å². The SMILES string of the molecule is COCCOCCn1cncc1C(CN)C(C)C. The topological polar surface area (TPSA) is 62.3 Å². The standard InChI is InChI=1S/C13H25N3O2/c1-11(2)12(8-14)13-9-15-10-16(13)4-5-18-7-6-17-3/h9-12H,4-8,14H2,1-3H3. The summed E-state index contributed by atoms with van der Waals surface area (Å²) in [6, 6.07) is 0. The second-order valence-corrected chi connectivity index (χ2v) is 4.70. The Morgan fingerprint density at radius 3 is 2.72 bits per heavy atom. The van der Waals surface area contributed by atoms with Crippen molar-refractivity contribution < 1.29 is 9.47 Å². The second kappa shape index (κ2) is 8.24. The first-order valence-electron chi connectivity index (χ1n) is 6.47. The van der Waals surface area contributed by atoms with Crippen molar-refractivity contribution in [2.45, 2.75) is 26.3 Å². The van der Waals surface area contributed by atoms with Gasteiger partial charge >= 0.3 is 0 Å². The molecule has 0 aliphatic carbocycles. The normalized spacial score (nSPS) is 13.2. The van der Waals surface area contributed by atoms with Crippen LogP contribution < -0.4 is 5.73 Å². The average molecular weight is 255 g/mol. The summed E-state index contributed by atoms with van der Waals surface area (Å²) in [6.07, 6.45) is 3.76. The van der Waals surface area contributed by atoms with Crippen molar-refractivity contribution in [1.29, 1.82) is 0 Å². The fourth-order valence-electron chi connectivity index (χ4n) is 1.97. The number of hydrogen-bond acceptors (Lipinski definition) is 4. The monoisotopic (exact) mass is 255 g/mol. The van der Waals surface area contributed by atoms with Crippen LogP contribution >= 0.6 is 0 Å². The maximum Gasteiger partial charge on any atom is 0.0949 e. The first-order valence-corrected chi connectivity index (χ1v) is 6.47. The third kappa shape index (κ3) is 4.40. The zero-order valence-electron chi connectivity index (χ0n) is 11.6. The van der Waals surface area contributed by atoms with E-state index in [9.17, 15) is 0 Å². The van der Waals surface area contributed by atoms with Gasteiger partial charge in [0.2, 0.25) is 0 Å². The molecule has 0 aromatic carbocycles. The van der Waals surface area contributed by atoms with Gasteiger partial charge in [-0.2, -0.15) is 0 Å². The Kier molecular flexibility index (Phi) is 6.93. The van der Waals surface area contributed by atoms with E-state index in [0.29, 0.717) is 38.2 Å². The summed E-state index contributed by atoms with van der Waals surface area (Å²) in [7, 11) is 1.67. The molecule has 1 atom stereocenters. The van der Waals surface area contributed by atoms with Crippen LogP contribution in [-0.2, 0) is 16.0 Å². The van der Waals surface area contributed by atoms with Crippen LogP contribution in [0, 0.1) is 5.92 Å². The number of imidazole rings is 1. The average Bonchev–Trinajstić information content (AvgIpc) is 2.78. The van der Waals surface area contributed by atoms with E-state index in [0.717, 1.165) is 6.54 Å². The smallest absolute Gasteiger partial charge is 0.0949 e. The molecule has 1 heterocycles. The lowest BCUT2D eigenvalue weighted by Crippen LogP contribution is -2.22. The number of ether oxygens (including phenoxy) is 2. The maximum atomic E-state index is 5.84. The van der Waals surface area contributed by atoms with Crippen molar-refractivity contribution >= 4 is 0 Å². The molecule has 0 bridgehead atoms. The van der Waals surface area contributed by atoms with Gasteiger partial charge in [-0.1, -0.05) is 13.8 Å². The van der Waals surface area contributed by atoms with Gasteiger partial charge in [0.25, 0.3) is 0 Å². The zero-order chi connectivity index (χ0) is 13.4. The quantitative estimate of drug-likeness (QED) is 0.674. The number of aromatic nitrogens is 2. The molecule has 0 aliphatic rings. The van der Waals surface area contributed by atoms with Crippen LogP contribution in [0.25, 0.3) is 0 Å². The van der Waals surface area contributed by atoms with E-state index >= 15 is 0 Å². The molecule has 104 valence electrons. The molecule has 0 aliphatic heterocycles.